The summed E-state index contributed by atoms with van der Waals surface area (Å²) in [4.78, 5) is 0. The van der Waals surface area contributed by atoms with Crippen LogP contribution in [0.3, 0.4) is 0 Å². The summed E-state index contributed by atoms with van der Waals surface area (Å²) in [5.74, 6) is 0.111. The molecule has 0 aliphatic carbocycles. The quantitative estimate of drug-likeness (QED) is 0.817. The van der Waals surface area contributed by atoms with E-state index in [1.54, 1.807) is 24.3 Å². The SMILES string of the molecule is FC(c1ccc(Cl)cc1)C1CCCNC1. The predicted octanol–water partition coefficient (Wildman–Crippen LogP) is 3.35. The van der Waals surface area contributed by atoms with Gasteiger partial charge in [0.25, 0.3) is 0 Å². The molecule has 1 aromatic carbocycles. The third kappa shape index (κ3) is 2.70. The van der Waals surface area contributed by atoms with Gasteiger partial charge in [-0.15, -0.1) is 0 Å². The number of benzene rings is 1. The van der Waals surface area contributed by atoms with Crippen LogP contribution in [0.1, 0.15) is 24.6 Å². The third-order valence-electron chi connectivity index (χ3n) is 2.94. The number of nitrogens with one attached hydrogen (secondary N) is 1. The van der Waals surface area contributed by atoms with Crippen molar-refractivity contribution < 1.29 is 4.39 Å². The summed E-state index contributed by atoms with van der Waals surface area (Å²) < 4.78 is 14.1. The molecule has 0 radical (unpaired) electrons. The lowest BCUT2D eigenvalue weighted by Crippen LogP contribution is -2.32. The Labute approximate surface area is 94.6 Å². The standard InChI is InChI=1S/C12H15ClFN/c13-11-5-3-9(4-6-11)12(14)10-2-1-7-15-8-10/h3-6,10,12,15H,1-2,7-8H2. The lowest BCUT2D eigenvalue weighted by atomic mass is 9.90. The van der Waals surface area contributed by atoms with Crippen molar-refractivity contribution in [3.8, 4) is 0 Å². The van der Waals surface area contributed by atoms with Crippen LogP contribution in [0, 0.1) is 5.92 Å². The van der Waals surface area contributed by atoms with E-state index in [2.05, 4.69) is 5.32 Å². The predicted molar refractivity (Wildman–Crippen MR) is 60.9 cm³/mol. The van der Waals surface area contributed by atoms with E-state index < -0.39 is 6.17 Å². The van der Waals surface area contributed by atoms with Crippen LogP contribution in [-0.4, -0.2) is 13.1 Å². The molecule has 0 amide bonds. The minimum atomic E-state index is -0.866. The van der Waals surface area contributed by atoms with Gasteiger partial charge in [-0.25, -0.2) is 4.39 Å². The second-order valence-corrected chi connectivity index (χ2v) is 4.50. The van der Waals surface area contributed by atoms with Gasteiger partial charge in [0, 0.05) is 17.5 Å². The molecule has 1 aliphatic rings. The van der Waals surface area contributed by atoms with Crippen LogP contribution in [0.2, 0.25) is 5.02 Å². The zero-order valence-corrected chi connectivity index (χ0v) is 9.30. The fraction of sp³-hybridized carbons (Fsp3) is 0.500. The molecule has 2 rings (SSSR count). The van der Waals surface area contributed by atoms with Crippen molar-refractivity contribution in [3.63, 3.8) is 0 Å². The van der Waals surface area contributed by atoms with Gasteiger partial charge in [0.2, 0.25) is 0 Å². The molecule has 15 heavy (non-hydrogen) atoms. The van der Waals surface area contributed by atoms with Crippen LogP contribution in [-0.2, 0) is 0 Å². The first kappa shape index (κ1) is 10.9. The molecule has 3 heteroatoms. The Bertz CT molecular complexity index is 306. The second kappa shape index (κ2) is 4.95. The highest BCUT2D eigenvalue weighted by Gasteiger charge is 2.24. The van der Waals surface area contributed by atoms with Crippen LogP contribution in [0.25, 0.3) is 0 Å². The number of rotatable bonds is 2. The summed E-state index contributed by atoms with van der Waals surface area (Å²) in [6.07, 6.45) is 1.17. The Morgan fingerprint density at radius 1 is 1.33 bits per heavy atom. The normalized spacial score (nSPS) is 23.7. The molecular weight excluding hydrogens is 213 g/mol. The molecule has 1 aliphatic heterocycles. The molecular formula is C12H15ClFN. The fourth-order valence-electron chi connectivity index (χ4n) is 2.05. The molecule has 0 aromatic heterocycles. The summed E-state index contributed by atoms with van der Waals surface area (Å²) in [6, 6.07) is 7.06. The Morgan fingerprint density at radius 3 is 2.67 bits per heavy atom. The molecule has 1 aromatic rings. The van der Waals surface area contributed by atoms with E-state index in [1.165, 1.54) is 0 Å². The summed E-state index contributed by atoms with van der Waals surface area (Å²) >= 11 is 5.77. The molecule has 2 atom stereocenters. The second-order valence-electron chi connectivity index (χ2n) is 4.06. The molecule has 1 saturated heterocycles. The number of halogens is 2. The summed E-state index contributed by atoms with van der Waals surface area (Å²) in [6.45, 7) is 1.80. The molecule has 0 spiro atoms. The van der Waals surface area contributed by atoms with E-state index >= 15 is 0 Å². The lowest BCUT2D eigenvalue weighted by molar-refractivity contribution is 0.194. The highest BCUT2D eigenvalue weighted by atomic mass is 35.5. The molecule has 0 bridgehead atoms. The average molecular weight is 228 g/mol. The highest BCUT2D eigenvalue weighted by Crippen LogP contribution is 2.31. The summed E-state index contributed by atoms with van der Waals surface area (Å²) in [7, 11) is 0. The van der Waals surface area contributed by atoms with E-state index in [-0.39, 0.29) is 5.92 Å². The summed E-state index contributed by atoms with van der Waals surface area (Å²) in [5.41, 5.74) is 0.744. The van der Waals surface area contributed by atoms with Gasteiger partial charge < -0.3 is 5.32 Å². The van der Waals surface area contributed by atoms with Gasteiger partial charge in [-0.3, -0.25) is 0 Å². The van der Waals surface area contributed by atoms with Gasteiger partial charge in [0.05, 0.1) is 0 Å². The minimum Gasteiger partial charge on any atom is -0.316 e. The van der Waals surface area contributed by atoms with Gasteiger partial charge in [-0.05, 0) is 37.1 Å². The maximum atomic E-state index is 14.1. The first-order valence-corrected chi connectivity index (χ1v) is 5.75. The molecule has 1 fully saturated rings. The third-order valence-corrected chi connectivity index (χ3v) is 3.19. The molecule has 0 saturated carbocycles. The zero-order valence-electron chi connectivity index (χ0n) is 8.55. The van der Waals surface area contributed by atoms with Crippen molar-refractivity contribution in [1.29, 1.82) is 0 Å². The molecule has 1 heterocycles. The molecule has 1 nitrogen and oxygen atoms in total. The van der Waals surface area contributed by atoms with Crippen molar-refractivity contribution >= 4 is 11.6 Å². The van der Waals surface area contributed by atoms with Gasteiger partial charge >= 0.3 is 0 Å². The van der Waals surface area contributed by atoms with Crippen molar-refractivity contribution in [1.82, 2.24) is 5.32 Å². The van der Waals surface area contributed by atoms with Crippen molar-refractivity contribution in [2.75, 3.05) is 13.1 Å². The first-order chi connectivity index (χ1) is 7.27. The average Bonchev–Trinajstić information content (AvgIpc) is 2.30. The fourth-order valence-corrected chi connectivity index (χ4v) is 2.17. The zero-order chi connectivity index (χ0) is 10.7. The first-order valence-electron chi connectivity index (χ1n) is 5.37. The van der Waals surface area contributed by atoms with E-state index in [1.807, 2.05) is 0 Å². The van der Waals surface area contributed by atoms with Crippen molar-refractivity contribution in [3.05, 3.63) is 34.9 Å². The van der Waals surface area contributed by atoms with Gasteiger partial charge in [-0.2, -0.15) is 0 Å². The largest absolute Gasteiger partial charge is 0.316 e. The van der Waals surface area contributed by atoms with Crippen molar-refractivity contribution in [2.24, 2.45) is 5.92 Å². The maximum absolute atomic E-state index is 14.1. The molecule has 82 valence electrons. The topological polar surface area (TPSA) is 12.0 Å². The minimum absolute atomic E-state index is 0.111. The van der Waals surface area contributed by atoms with Crippen LogP contribution in [0.5, 0.6) is 0 Å². The van der Waals surface area contributed by atoms with Crippen molar-refractivity contribution in [2.45, 2.75) is 19.0 Å². The van der Waals surface area contributed by atoms with Crippen LogP contribution >= 0.6 is 11.6 Å². The maximum Gasteiger partial charge on any atom is 0.129 e. The number of hydrogen-bond donors (Lipinski definition) is 1. The monoisotopic (exact) mass is 227 g/mol. The van der Waals surface area contributed by atoms with E-state index in [0.717, 1.165) is 31.5 Å². The number of alkyl halides is 1. The van der Waals surface area contributed by atoms with E-state index in [0.29, 0.717) is 5.02 Å². The highest BCUT2D eigenvalue weighted by molar-refractivity contribution is 6.30. The Hall–Kier alpha value is -0.600. The molecule has 1 N–H and O–H groups in total. The van der Waals surface area contributed by atoms with Gasteiger partial charge in [0.15, 0.2) is 0 Å². The van der Waals surface area contributed by atoms with Crippen LogP contribution in [0.15, 0.2) is 24.3 Å². The van der Waals surface area contributed by atoms with Crippen LogP contribution < -0.4 is 5.32 Å². The van der Waals surface area contributed by atoms with E-state index in [9.17, 15) is 4.39 Å². The smallest absolute Gasteiger partial charge is 0.129 e. The molecule has 2 unspecified atom stereocenters. The van der Waals surface area contributed by atoms with Gasteiger partial charge in [-0.1, -0.05) is 23.7 Å². The number of hydrogen-bond acceptors (Lipinski definition) is 1. The van der Waals surface area contributed by atoms with Crippen LogP contribution in [0.4, 0.5) is 4.39 Å². The Balaban J connectivity index is 2.05. The van der Waals surface area contributed by atoms with Gasteiger partial charge in [0.1, 0.15) is 6.17 Å². The Kier molecular flexibility index (Phi) is 3.60. The number of piperidine rings is 1. The summed E-state index contributed by atoms with van der Waals surface area (Å²) in [5, 5.41) is 3.89. The lowest BCUT2D eigenvalue weighted by Gasteiger charge is -2.26. The van der Waals surface area contributed by atoms with E-state index in [4.69, 9.17) is 11.6 Å². The Morgan fingerprint density at radius 2 is 2.07 bits per heavy atom.